The van der Waals surface area contributed by atoms with Crippen LogP contribution < -0.4 is 0 Å². The first kappa shape index (κ1) is 16.6. The van der Waals surface area contributed by atoms with Crippen LogP contribution >= 0.6 is 11.3 Å². The van der Waals surface area contributed by atoms with Crippen LogP contribution in [0.4, 0.5) is 0 Å². The van der Waals surface area contributed by atoms with Crippen molar-refractivity contribution in [3.05, 3.63) is 33.7 Å². The molecule has 4 heteroatoms. The summed E-state index contributed by atoms with van der Waals surface area (Å²) in [7, 11) is 0. The van der Waals surface area contributed by atoms with E-state index in [9.17, 15) is 10.1 Å². The summed E-state index contributed by atoms with van der Waals surface area (Å²) in [5.74, 6) is 0.0284. The number of ketones is 1. The zero-order valence-corrected chi connectivity index (χ0v) is 14.8. The molecule has 0 saturated carbocycles. The van der Waals surface area contributed by atoms with Gasteiger partial charge in [0.15, 0.2) is 0 Å². The Kier molecular flexibility index (Phi) is 4.39. The molecule has 0 amide bonds. The maximum absolute atomic E-state index is 12.3. The number of nitriles is 1. The molecule has 115 valence electrons. The Morgan fingerprint density at radius 3 is 2.50 bits per heavy atom. The average molecular weight is 313 g/mol. The first-order valence-electron chi connectivity index (χ1n) is 7.42. The smallest absolute Gasteiger partial charge is 0.147 e. The maximum atomic E-state index is 12.3. The summed E-state index contributed by atoms with van der Waals surface area (Å²) in [6.07, 6.45) is 2.49. The SMILES string of the molecule is CCc1c(C)nc2sc([CH]C(=O)C(C)(C)C)c(C#N)c2c1C. The van der Waals surface area contributed by atoms with Gasteiger partial charge in [0.05, 0.1) is 12.0 Å². The molecule has 0 aliphatic rings. The van der Waals surface area contributed by atoms with Gasteiger partial charge in [-0.3, -0.25) is 4.79 Å². The van der Waals surface area contributed by atoms with Crippen molar-refractivity contribution in [2.45, 2.75) is 48.0 Å². The molecule has 0 aliphatic heterocycles. The van der Waals surface area contributed by atoms with Crippen molar-refractivity contribution in [3.8, 4) is 6.07 Å². The molecule has 0 fully saturated rings. The zero-order valence-electron chi connectivity index (χ0n) is 14.0. The molecule has 0 aromatic carbocycles. The number of aryl methyl sites for hydroxylation is 2. The summed E-state index contributed by atoms with van der Waals surface area (Å²) >= 11 is 1.43. The second kappa shape index (κ2) is 5.81. The summed E-state index contributed by atoms with van der Waals surface area (Å²) in [4.78, 5) is 18.5. The van der Waals surface area contributed by atoms with Crippen LogP contribution in [0.2, 0.25) is 0 Å². The topological polar surface area (TPSA) is 53.8 Å². The van der Waals surface area contributed by atoms with Gasteiger partial charge in [-0.2, -0.15) is 5.26 Å². The normalized spacial score (nSPS) is 11.7. The minimum absolute atomic E-state index is 0.0284. The van der Waals surface area contributed by atoms with Crippen LogP contribution in [0.15, 0.2) is 0 Å². The van der Waals surface area contributed by atoms with Gasteiger partial charge < -0.3 is 0 Å². The summed E-state index contributed by atoms with van der Waals surface area (Å²) in [5, 5.41) is 10.5. The van der Waals surface area contributed by atoms with Crippen LogP contribution in [-0.2, 0) is 11.2 Å². The van der Waals surface area contributed by atoms with Crippen molar-refractivity contribution in [1.29, 1.82) is 5.26 Å². The fraction of sp³-hybridized carbons (Fsp3) is 0.444. The molecule has 0 atom stereocenters. The molecule has 2 aromatic heterocycles. The van der Waals surface area contributed by atoms with Crippen LogP contribution in [0.5, 0.6) is 0 Å². The van der Waals surface area contributed by atoms with Gasteiger partial charge >= 0.3 is 0 Å². The molecule has 1 radical (unpaired) electrons. The Morgan fingerprint density at radius 2 is 2.00 bits per heavy atom. The van der Waals surface area contributed by atoms with Crippen molar-refractivity contribution in [1.82, 2.24) is 4.98 Å². The summed E-state index contributed by atoms with van der Waals surface area (Å²) in [6, 6.07) is 2.27. The van der Waals surface area contributed by atoms with Crippen molar-refractivity contribution < 1.29 is 4.79 Å². The highest BCUT2D eigenvalue weighted by molar-refractivity contribution is 7.19. The largest absolute Gasteiger partial charge is 0.298 e. The van der Waals surface area contributed by atoms with E-state index in [4.69, 9.17) is 0 Å². The predicted molar refractivity (Wildman–Crippen MR) is 91.1 cm³/mol. The number of aromatic nitrogens is 1. The highest BCUT2D eigenvalue weighted by Crippen LogP contribution is 2.36. The minimum Gasteiger partial charge on any atom is -0.298 e. The monoisotopic (exact) mass is 313 g/mol. The predicted octanol–water partition coefficient (Wildman–Crippen LogP) is 4.51. The Labute approximate surface area is 136 Å². The van der Waals surface area contributed by atoms with Crippen LogP contribution in [0, 0.1) is 37.0 Å². The number of carbonyl (C=O) groups is 1. The van der Waals surface area contributed by atoms with E-state index in [1.807, 2.05) is 34.6 Å². The van der Waals surface area contributed by atoms with Crippen molar-refractivity contribution in [3.63, 3.8) is 0 Å². The van der Waals surface area contributed by atoms with E-state index in [1.165, 1.54) is 16.9 Å². The Morgan fingerprint density at radius 1 is 1.36 bits per heavy atom. The Bertz CT molecular complexity index is 788. The van der Waals surface area contributed by atoms with E-state index >= 15 is 0 Å². The van der Waals surface area contributed by atoms with E-state index in [2.05, 4.69) is 18.0 Å². The van der Waals surface area contributed by atoms with Gasteiger partial charge in [-0.15, -0.1) is 11.3 Å². The lowest BCUT2D eigenvalue weighted by Crippen LogP contribution is -2.20. The lowest BCUT2D eigenvalue weighted by Gasteiger charge is -2.15. The minimum atomic E-state index is -0.449. The van der Waals surface area contributed by atoms with E-state index < -0.39 is 5.41 Å². The average Bonchev–Trinajstić information content (AvgIpc) is 2.75. The fourth-order valence-electron chi connectivity index (χ4n) is 2.57. The number of hydrogen-bond donors (Lipinski definition) is 0. The van der Waals surface area contributed by atoms with Crippen LogP contribution in [0.25, 0.3) is 10.2 Å². The second-order valence-electron chi connectivity index (χ2n) is 6.55. The van der Waals surface area contributed by atoms with Crippen LogP contribution in [0.1, 0.15) is 55.0 Å². The van der Waals surface area contributed by atoms with Crippen molar-refractivity contribution >= 4 is 27.3 Å². The molecule has 22 heavy (non-hydrogen) atoms. The first-order valence-corrected chi connectivity index (χ1v) is 8.24. The summed E-state index contributed by atoms with van der Waals surface area (Å²) in [5.41, 5.74) is 3.44. The van der Waals surface area contributed by atoms with E-state index in [0.717, 1.165) is 32.8 Å². The van der Waals surface area contributed by atoms with Gasteiger partial charge in [-0.05, 0) is 31.4 Å². The number of pyridine rings is 1. The number of thiophene rings is 1. The molecule has 0 spiro atoms. The molecule has 0 unspecified atom stereocenters. The maximum Gasteiger partial charge on any atom is 0.147 e. The Balaban J connectivity index is 2.66. The van der Waals surface area contributed by atoms with Crippen molar-refractivity contribution in [2.24, 2.45) is 5.41 Å². The van der Waals surface area contributed by atoms with E-state index in [-0.39, 0.29) is 5.78 Å². The number of fused-ring (bicyclic) bond motifs is 1. The summed E-state index contributed by atoms with van der Waals surface area (Å²) in [6.45, 7) is 11.8. The molecular formula is C18H21N2OS. The van der Waals surface area contributed by atoms with E-state index in [1.54, 1.807) is 6.42 Å². The molecule has 2 heterocycles. The van der Waals surface area contributed by atoms with Gasteiger partial charge in [0.2, 0.25) is 0 Å². The van der Waals surface area contributed by atoms with E-state index in [0.29, 0.717) is 5.56 Å². The number of carbonyl (C=O) groups excluding carboxylic acids is 1. The third kappa shape index (κ3) is 2.78. The quantitative estimate of drug-likeness (QED) is 0.837. The standard InChI is InChI=1S/C18H21N2OS/c1-7-12-10(2)16-13(9-19)14(8-15(21)18(4,5)6)22-17(16)20-11(12)3/h8H,7H2,1-6H3. The van der Waals surface area contributed by atoms with Crippen LogP contribution in [-0.4, -0.2) is 10.8 Å². The number of rotatable bonds is 3. The third-order valence-corrected chi connectivity index (χ3v) is 4.95. The molecule has 0 N–H and O–H groups in total. The number of Topliss-reactive ketones (excluding diaryl/α,β-unsaturated/α-hetero) is 1. The second-order valence-corrected chi connectivity index (χ2v) is 7.58. The Hall–Kier alpha value is -1.73. The van der Waals surface area contributed by atoms with Crippen molar-refractivity contribution in [2.75, 3.05) is 0 Å². The number of hydrogen-bond acceptors (Lipinski definition) is 4. The lowest BCUT2D eigenvalue weighted by molar-refractivity contribution is -0.122. The molecule has 2 aromatic rings. The van der Waals surface area contributed by atoms with Gasteiger partial charge in [-0.25, -0.2) is 4.98 Å². The molecule has 0 aliphatic carbocycles. The highest BCUT2D eigenvalue weighted by Gasteiger charge is 2.26. The fourth-order valence-corrected chi connectivity index (χ4v) is 3.74. The highest BCUT2D eigenvalue weighted by atomic mass is 32.1. The molecule has 0 saturated heterocycles. The van der Waals surface area contributed by atoms with Gasteiger partial charge in [-0.1, -0.05) is 27.7 Å². The van der Waals surface area contributed by atoms with Gasteiger partial charge in [0.1, 0.15) is 16.7 Å². The third-order valence-electron chi connectivity index (χ3n) is 3.92. The van der Waals surface area contributed by atoms with Gasteiger partial charge in [0.25, 0.3) is 0 Å². The first-order chi connectivity index (χ1) is 10.2. The summed E-state index contributed by atoms with van der Waals surface area (Å²) < 4.78 is 0. The molecule has 2 rings (SSSR count). The lowest BCUT2D eigenvalue weighted by atomic mass is 9.88. The molecular weight excluding hydrogens is 292 g/mol. The van der Waals surface area contributed by atoms with Gasteiger partial charge in [0, 0.05) is 21.4 Å². The molecule has 3 nitrogen and oxygen atoms in total. The zero-order chi connectivity index (χ0) is 16.7. The number of nitrogens with zero attached hydrogens (tertiary/aromatic N) is 2. The van der Waals surface area contributed by atoms with Crippen LogP contribution in [0.3, 0.4) is 0 Å². The molecule has 0 bridgehead atoms.